The van der Waals surface area contributed by atoms with Crippen LogP contribution in [-0.2, 0) is 0 Å². The van der Waals surface area contributed by atoms with Gasteiger partial charge in [0.1, 0.15) is 17.4 Å². The number of ether oxygens (including phenoxy) is 1. The fraction of sp³-hybridized carbons (Fsp3) is 0.317. The van der Waals surface area contributed by atoms with E-state index in [1.807, 2.05) is 73.8 Å². The van der Waals surface area contributed by atoms with E-state index < -0.39 is 0 Å². The fourth-order valence-electron chi connectivity index (χ4n) is 6.96. The molecule has 2 aliphatic carbocycles. The van der Waals surface area contributed by atoms with Crippen LogP contribution in [0.1, 0.15) is 38.5 Å². The van der Waals surface area contributed by atoms with Crippen molar-refractivity contribution in [2.75, 3.05) is 40.9 Å². The molecule has 2 aliphatic rings. The standard InChI is InChI=1S/C21H24N6OS.C20H22N6OS/c1-28-19-7-8-22-13-18(19)14-3-6-20(23-10-14)26-15-4-5-16(9-15)27-21-24-11-17(29-2)12-25-21;1-28-16-10-23-20(24-11-16)26-15-4-3-14(8-15)25-19-5-2-13(9-22-19)17-12-21-7-6-18(17)27/h3,6-8,10-13,15-16H,4-5,9H2,1-2H3,(H,23,26)(H,24,25,27);2,5-7,9-12,14-15H,3-4,8H2,1H3,(H,21,27)(H,22,25)(H,23,24,26)/t15-,16-;14-,15-/m00/s1. The summed E-state index contributed by atoms with van der Waals surface area (Å²) in [4.78, 5) is 47.7. The Kier molecular flexibility index (Phi) is 13.5. The molecule has 294 valence electrons. The van der Waals surface area contributed by atoms with Crippen molar-refractivity contribution < 1.29 is 4.74 Å². The largest absolute Gasteiger partial charge is 0.496 e. The monoisotopic (exact) mass is 802 g/mol. The number of nitrogens with one attached hydrogen (secondary N) is 5. The van der Waals surface area contributed by atoms with Crippen LogP contribution in [0.25, 0.3) is 22.3 Å². The SMILES string of the molecule is COc1ccncc1-c1ccc(N[C@H]2CC[C@H](Nc3ncc(SC)cn3)C2)nc1.CSc1cnc(N[C@H]2CC[C@H](Nc3ccc(-c4c[nH]ccc4=O)cn3)C2)nc1. The average molecular weight is 803 g/mol. The predicted molar refractivity (Wildman–Crippen MR) is 229 cm³/mol. The highest BCUT2D eigenvalue weighted by molar-refractivity contribution is 7.98. The number of nitrogens with zero attached hydrogens (tertiary/aromatic N) is 7. The summed E-state index contributed by atoms with van der Waals surface area (Å²) in [6.45, 7) is 0. The number of hydrogen-bond acceptors (Lipinski definition) is 15. The van der Waals surface area contributed by atoms with Crippen molar-refractivity contribution in [2.24, 2.45) is 0 Å². The summed E-state index contributed by atoms with van der Waals surface area (Å²) in [5.74, 6) is 3.87. The van der Waals surface area contributed by atoms with Crippen molar-refractivity contribution >= 4 is 47.1 Å². The Morgan fingerprint density at radius 2 is 1.12 bits per heavy atom. The molecule has 6 aromatic heterocycles. The number of methoxy groups -OCH3 is 1. The lowest BCUT2D eigenvalue weighted by atomic mass is 10.1. The van der Waals surface area contributed by atoms with Gasteiger partial charge in [0.05, 0.1) is 7.11 Å². The van der Waals surface area contributed by atoms with E-state index in [4.69, 9.17) is 4.74 Å². The van der Waals surface area contributed by atoms with Crippen LogP contribution in [0.15, 0.2) is 113 Å². The van der Waals surface area contributed by atoms with Gasteiger partial charge >= 0.3 is 0 Å². The summed E-state index contributed by atoms with van der Waals surface area (Å²) in [6, 6.07) is 12.7. The zero-order chi connectivity index (χ0) is 39.4. The minimum absolute atomic E-state index is 0.0150. The third-order valence-corrected chi connectivity index (χ3v) is 11.3. The first-order chi connectivity index (χ1) is 28.0. The number of anilines is 4. The molecule has 57 heavy (non-hydrogen) atoms. The topological polar surface area (TPSA) is 180 Å². The molecule has 5 N–H and O–H groups in total. The van der Waals surface area contributed by atoms with Crippen LogP contribution in [-0.4, -0.2) is 83.7 Å². The summed E-state index contributed by atoms with van der Waals surface area (Å²) >= 11 is 3.28. The van der Waals surface area contributed by atoms with Crippen LogP contribution in [0.3, 0.4) is 0 Å². The summed E-state index contributed by atoms with van der Waals surface area (Å²) in [7, 11) is 1.66. The lowest BCUT2D eigenvalue weighted by Crippen LogP contribution is -2.22. The van der Waals surface area contributed by atoms with E-state index in [0.717, 1.165) is 82.4 Å². The second-order valence-corrected chi connectivity index (χ2v) is 15.5. The Labute approximate surface area is 340 Å². The van der Waals surface area contributed by atoms with Gasteiger partial charge in [-0.3, -0.25) is 9.78 Å². The summed E-state index contributed by atoms with van der Waals surface area (Å²) in [5.41, 5.74) is 3.34. The molecule has 6 heterocycles. The third-order valence-electron chi connectivity index (χ3n) is 9.94. The summed E-state index contributed by atoms with van der Waals surface area (Å²) < 4.78 is 5.41. The molecule has 4 atom stereocenters. The Bertz CT molecular complexity index is 2230. The molecule has 2 saturated carbocycles. The molecule has 8 rings (SSSR count). The van der Waals surface area contributed by atoms with Gasteiger partial charge in [0, 0.05) is 124 Å². The van der Waals surface area contributed by atoms with Gasteiger partial charge in [0.15, 0.2) is 5.43 Å². The van der Waals surface area contributed by atoms with Crippen LogP contribution >= 0.6 is 23.5 Å². The molecule has 0 amide bonds. The second-order valence-electron chi connectivity index (χ2n) is 13.7. The Hall–Kier alpha value is -5.74. The minimum Gasteiger partial charge on any atom is -0.496 e. The van der Waals surface area contributed by atoms with Crippen LogP contribution in [0.5, 0.6) is 5.75 Å². The molecular formula is C41H46N12O2S2. The van der Waals surface area contributed by atoms with E-state index in [1.165, 1.54) is 6.07 Å². The first-order valence-corrected chi connectivity index (χ1v) is 21.3. The highest BCUT2D eigenvalue weighted by atomic mass is 32.2. The maximum absolute atomic E-state index is 11.9. The highest BCUT2D eigenvalue weighted by Crippen LogP contribution is 2.30. The lowest BCUT2D eigenvalue weighted by Gasteiger charge is -2.15. The van der Waals surface area contributed by atoms with Gasteiger partial charge in [-0.05, 0) is 81.4 Å². The molecular weight excluding hydrogens is 757 g/mol. The van der Waals surface area contributed by atoms with Gasteiger partial charge in [-0.1, -0.05) is 0 Å². The van der Waals surface area contributed by atoms with Crippen LogP contribution < -0.4 is 31.4 Å². The van der Waals surface area contributed by atoms with Crippen molar-refractivity contribution in [3.63, 3.8) is 0 Å². The Balaban J connectivity index is 0.000000174. The average Bonchev–Trinajstić information content (AvgIpc) is 3.90. The number of hydrogen-bond donors (Lipinski definition) is 5. The van der Waals surface area contributed by atoms with Crippen molar-refractivity contribution in [2.45, 2.75) is 72.5 Å². The molecule has 0 bridgehead atoms. The number of pyridine rings is 4. The van der Waals surface area contributed by atoms with Crippen LogP contribution in [0.4, 0.5) is 23.5 Å². The van der Waals surface area contributed by atoms with Crippen molar-refractivity contribution in [3.05, 3.63) is 109 Å². The van der Waals surface area contributed by atoms with Crippen molar-refractivity contribution in [1.82, 2.24) is 39.9 Å². The van der Waals surface area contributed by atoms with Crippen LogP contribution in [0, 0.1) is 0 Å². The zero-order valence-electron chi connectivity index (χ0n) is 32.1. The molecule has 0 aliphatic heterocycles. The van der Waals surface area contributed by atoms with Crippen molar-refractivity contribution in [1.29, 1.82) is 0 Å². The molecule has 0 unspecified atom stereocenters. The molecule has 16 heteroatoms. The van der Waals surface area contributed by atoms with E-state index in [2.05, 4.69) is 61.1 Å². The minimum atomic E-state index is -0.0150. The lowest BCUT2D eigenvalue weighted by molar-refractivity contribution is 0.416. The van der Waals surface area contributed by atoms with Gasteiger partial charge in [-0.15, -0.1) is 23.5 Å². The normalized spacial score (nSPS) is 18.6. The fourth-order valence-corrected chi connectivity index (χ4v) is 7.59. The first-order valence-electron chi connectivity index (χ1n) is 18.8. The number of rotatable bonds is 13. The van der Waals surface area contributed by atoms with Gasteiger partial charge in [-0.2, -0.15) is 0 Å². The molecule has 6 aromatic rings. The van der Waals surface area contributed by atoms with Gasteiger partial charge in [0.25, 0.3) is 0 Å². The maximum atomic E-state index is 11.9. The van der Waals surface area contributed by atoms with Gasteiger partial charge in [-0.25, -0.2) is 29.9 Å². The second kappa shape index (κ2) is 19.4. The van der Waals surface area contributed by atoms with Crippen LogP contribution in [0.2, 0.25) is 0 Å². The van der Waals surface area contributed by atoms with E-state index in [0.29, 0.717) is 41.6 Å². The van der Waals surface area contributed by atoms with Gasteiger partial charge < -0.3 is 31.0 Å². The van der Waals surface area contributed by atoms with Gasteiger partial charge in [0.2, 0.25) is 11.9 Å². The van der Waals surface area contributed by atoms with E-state index in [-0.39, 0.29) is 5.43 Å². The first kappa shape index (κ1) is 39.5. The van der Waals surface area contributed by atoms with E-state index in [1.54, 1.807) is 61.6 Å². The molecule has 0 saturated heterocycles. The quantitative estimate of drug-likeness (QED) is 0.0724. The summed E-state index contributed by atoms with van der Waals surface area (Å²) in [5, 5.41) is 13.9. The highest BCUT2D eigenvalue weighted by Gasteiger charge is 2.26. The van der Waals surface area contributed by atoms with E-state index in [9.17, 15) is 4.79 Å². The molecule has 14 nitrogen and oxygen atoms in total. The number of thioether (sulfide) groups is 2. The smallest absolute Gasteiger partial charge is 0.222 e. The molecule has 0 spiro atoms. The summed E-state index contributed by atoms with van der Waals surface area (Å²) in [6.07, 6.45) is 28.1. The van der Waals surface area contributed by atoms with E-state index >= 15 is 0 Å². The predicted octanol–water partition coefficient (Wildman–Crippen LogP) is 7.50. The number of aromatic nitrogens is 8. The zero-order valence-corrected chi connectivity index (χ0v) is 33.7. The maximum Gasteiger partial charge on any atom is 0.222 e. The molecule has 0 radical (unpaired) electrons. The number of aromatic amines is 1. The number of H-pyrrole nitrogens is 1. The molecule has 0 aromatic carbocycles. The Morgan fingerprint density at radius 3 is 1.58 bits per heavy atom. The van der Waals surface area contributed by atoms with Crippen molar-refractivity contribution in [3.8, 4) is 28.0 Å². The molecule has 2 fully saturated rings. The third kappa shape index (κ3) is 10.8. The Morgan fingerprint density at radius 1 is 0.614 bits per heavy atom.